The first kappa shape index (κ1) is 8.98. The minimum atomic E-state index is 0.120. The van der Waals surface area contributed by atoms with Gasteiger partial charge >= 0.3 is 0 Å². The summed E-state index contributed by atoms with van der Waals surface area (Å²) in [6, 6.07) is 0. The molecular formula is C11H14O. The van der Waals surface area contributed by atoms with Gasteiger partial charge in [-0.3, -0.25) is 4.79 Å². The SMILES string of the molecule is C=CC=CC(=O)C1C=CCCC1. The number of hydrogen-bond donors (Lipinski definition) is 0. The number of hydrogen-bond acceptors (Lipinski definition) is 1. The van der Waals surface area contributed by atoms with Gasteiger partial charge in [0, 0.05) is 5.92 Å². The molecule has 1 rings (SSSR count). The fourth-order valence-electron chi connectivity index (χ4n) is 1.34. The van der Waals surface area contributed by atoms with Crippen LogP contribution in [0.2, 0.25) is 0 Å². The summed E-state index contributed by atoms with van der Waals surface area (Å²) < 4.78 is 0. The van der Waals surface area contributed by atoms with Gasteiger partial charge in [-0.25, -0.2) is 0 Å². The maximum absolute atomic E-state index is 11.4. The standard InChI is InChI=1S/C11H14O/c1-2-3-9-11(12)10-7-5-4-6-8-10/h2-3,5,7,9-10H,1,4,6,8H2. The van der Waals surface area contributed by atoms with Crippen molar-refractivity contribution in [2.45, 2.75) is 19.3 Å². The average molecular weight is 162 g/mol. The van der Waals surface area contributed by atoms with Crippen LogP contribution in [0.25, 0.3) is 0 Å². The van der Waals surface area contributed by atoms with Crippen molar-refractivity contribution in [3.8, 4) is 0 Å². The molecule has 0 heterocycles. The second-order valence-electron chi connectivity index (χ2n) is 2.96. The van der Waals surface area contributed by atoms with E-state index in [0.717, 1.165) is 19.3 Å². The summed E-state index contributed by atoms with van der Waals surface area (Å²) in [4.78, 5) is 11.4. The van der Waals surface area contributed by atoms with Crippen molar-refractivity contribution in [2.75, 3.05) is 0 Å². The van der Waals surface area contributed by atoms with E-state index in [1.165, 1.54) is 0 Å². The fraction of sp³-hybridized carbons (Fsp3) is 0.364. The van der Waals surface area contributed by atoms with Gasteiger partial charge in [0.25, 0.3) is 0 Å². The summed E-state index contributed by atoms with van der Waals surface area (Å²) in [6.07, 6.45) is 12.3. The van der Waals surface area contributed by atoms with E-state index in [-0.39, 0.29) is 11.7 Å². The largest absolute Gasteiger partial charge is 0.294 e. The van der Waals surface area contributed by atoms with Gasteiger partial charge in [-0.1, -0.05) is 30.9 Å². The Labute approximate surface area is 73.5 Å². The zero-order valence-electron chi connectivity index (χ0n) is 7.20. The van der Waals surface area contributed by atoms with Crippen LogP contribution in [0.4, 0.5) is 0 Å². The van der Waals surface area contributed by atoms with Gasteiger partial charge in [0.1, 0.15) is 0 Å². The molecule has 0 saturated carbocycles. The summed E-state index contributed by atoms with van der Waals surface area (Å²) in [5.74, 6) is 0.320. The lowest BCUT2D eigenvalue weighted by Gasteiger charge is -2.12. The Balaban J connectivity index is 2.51. The monoisotopic (exact) mass is 162 g/mol. The van der Waals surface area contributed by atoms with Crippen molar-refractivity contribution in [1.29, 1.82) is 0 Å². The summed E-state index contributed by atoms with van der Waals surface area (Å²) in [6.45, 7) is 3.52. The molecule has 0 aromatic rings. The molecule has 1 atom stereocenters. The smallest absolute Gasteiger partial charge is 0.162 e. The first-order valence-electron chi connectivity index (χ1n) is 4.34. The van der Waals surface area contributed by atoms with Gasteiger partial charge in [-0.05, 0) is 25.3 Å². The first-order chi connectivity index (χ1) is 5.84. The van der Waals surface area contributed by atoms with Gasteiger partial charge < -0.3 is 0 Å². The summed E-state index contributed by atoms with van der Waals surface area (Å²) in [5, 5.41) is 0. The van der Waals surface area contributed by atoms with Crippen molar-refractivity contribution >= 4 is 5.78 Å². The molecule has 0 amide bonds. The van der Waals surface area contributed by atoms with Gasteiger partial charge in [-0.15, -0.1) is 0 Å². The average Bonchev–Trinajstić information content (AvgIpc) is 2.15. The van der Waals surface area contributed by atoms with Crippen LogP contribution in [0.1, 0.15) is 19.3 Å². The Hall–Kier alpha value is -1.11. The Kier molecular flexibility index (Phi) is 3.52. The summed E-state index contributed by atoms with van der Waals surface area (Å²) in [7, 11) is 0. The molecule has 64 valence electrons. The molecule has 0 saturated heterocycles. The van der Waals surface area contributed by atoms with Crippen LogP contribution in [0.15, 0.2) is 37.0 Å². The maximum Gasteiger partial charge on any atom is 0.162 e. The normalized spacial score (nSPS) is 22.8. The van der Waals surface area contributed by atoms with Crippen LogP contribution in [0.5, 0.6) is 0 Å². The third kappa shape index (κ3) is 2.50. The molecule has 1 unspecified atom stereocenters. The van der Waals surface area contributed by atoms with E-state index < -0.39 is 0 Å². The number of ketones is 1. The number of carbonyl (C=O) groups excluding carboxylic acids is 1. The van der Waals surface area contributed by atoms with E-state index in [9.17, 15) is 4.79 Å². The maximum atomic E-state index is 11.4. The van der Waals surface area contributed by atoms with E-state index in [0.29, 0.717) is 0 Å². The van der Waals surface area contributed by atoms with E-state index in [4.69, 9.17) is 0 Å². The third-order valence-electron chi connectivity index (χ3n) is 2.02. The molecule has 1 aliphatic rings. The van der Waals surface area contributed by atoms with Crippen molar-refractivity contribution < 1.29 is 4.79 Å². The van der Waals surface area contributed by atoms with Crippen molar-refractivity contribution in [2.24, 2.45) is 5.92 Å². The molecule has 1 heteroatoms. The predicted octanol–water partition coefficient (Wildman–Crippen LogP) is 2.65. The van der Waals surface area contributed by atoms with Gasteiger partial charge in [-0.2, -0.15) is 0 Å². The lowest BCUT2D eigenvalue weighted by Crippen LogP contribution is -2.11. The van der Waals surface area contributed by atoms with Crippen molar-refractivity contribution in [3.05, 3.63) is 37.0 Å². The molecule has 0 bridgehead atoms. The minimum Gasteiger partial charge on any atom is -0.294 e. The predicted molar refractivity (Wildman–Crippen MR) is 50.8 cm³/mol. The summed E-state index contributed by atoms with van der Waals surface area (Å²) in [5.41, 5.74) is 0. The van der Waals surface area contributed by atoms with Crippen molar-refractivity contribution in [3.63, 3.8) is 0 Å². The Morgan fingerprint density at radius 1 is 1.58 bits per heavy atom. The Bertz CT molecular complexity index is 223. The van der Waals surface area contributed by atoms with E-state index in [2.05, 4.69) is 12.7 Å². The van der Waals surface area contributed by atoms with E-state index >= 15 is 0 Å². The highest BCUT2D eigenvalue weighted by Gasteiger charge is 2.13. The zero-order valence-corrected chi connectivity index (χ0v) is 7.20. The highest BCUT2D eigenvalue weighted by atomic mass is 16.1. The van der Waals surface area contributed by atoms with E-state index in [1.807, 2.05) is 6.08 Å². The van der Waals surface area contributed by atoms with Gasteiger partial charge in [0.05, 0.1) is 0 Å². The fourth-order valence-corrected chi connectivity index (χ4v) is 1.34. The molecule has 12 heavy (non-hydrogen) atoms. The van der Waals surface area contributed by atoms with Crippen LogP contribution in [0.3, 0.4) is 0 Å². The first-order valence-corrected chi connectivity index (χ1v) is 4.34. The highest BCUT2D eigenvalue weighted by molar-refractivity contribution is 5.93. The third-order valence-corrected chi connectivity index (χ3v) is 2.02. The Morgan fingerprint density at radius 2 is 2.42 bits per heavy atom. The number of carbonyl (C=O) groups is 1. The second kappa shape index (κ2) is 4.70. The quantitative estimate of drug-likeness (QED) is 0.354. The van der Waals surface area contributed by atoms with Gasteiger partial charge in [0.2, 0.25) is 0 Å². The Morgan fingerprint density at radius 3 is 3.00 bits per heavy atom. The molecule has 0 radical (unpaired) electrons. The molecule has 1 nitrogen and oxygen atoms in total. The molecule has 0 N–H and O–H groups in total. The zero-order chi connectivity index (χ0) is 8.81. The molecule has 1 aliphatic carbocycles. The molecule has 0 spiro atoms. The minimum absolute atomic E-state index is 0.120. The molecule has 0 aliphatic heterocycles. The van der Waals surface area contributed by atoms with Crippen LogP contribution in [-0.4, -0.2) is 5.78 Å². The summed E-state index contributed by atoms with van der Waals surface area (Å²) >= 11 is 0. The lowest BCUT2D eigenvalue weighted by atomic mass is 9.92. The number of rotatable bonds is 3. The molecule has 0 aromatic carbocycles. The molecule has 0 aromatic heterocycles. The van der Waals surface area contributed by atoms with Crippen LogP contribution in [0, 0.1) is 5.92 Å². The molecule has 0 fully saturated rings. The van der Waals surface area contributed by atoms with Crippen LogP contribution >= 0.6 is 0 Å². The van der Waals surface area contributed by atoms with E-state index in [1.54, 1.807) is 18.2 Å². The topological polar surface area (TPSA) is 17.1 Å². The van der Waals surface area contributed by atoms with Crippen molar-refractivity contribution in [1.82, 2.24) is 0 Å². The second-order valence-corrected chi connectivity index (χ2v) is 2.96. The number of allylic oxidation sites excluding steroid dienone is 5. The van der Waals surface area contributed by atoms with Crippen LogP contribution < -0.4 is 0 Å². The molecular weight excluding hydrogens is 148 g/mol. The lowest BCUT2D eigenvalue weighted by molar-refractivity contribution is -0.117. The highest BCUT2D eigenvalue weighted by Crippen LogP contribution is 2.17. The van der Waals surface area contributed by atoms with Crippen LogP contribution in [-0.2, 0) is 4.79 Å². The van der Waals surface area contributed by atoms with Gasteiger partial charge in [0.15, 0.2) is 5.78 Å².